The summed E-state index contributed by atoms with van der Waals surface area (Å²) >= 11 is 0. The predicted molar refractivity (Wildman–Crippen MR) is 162 cm³/mol. The molecule has 0 aliphatic carbocycles. The number of nitrogen functional groups attached to an aromatic ring is 1. The molecule has 14 nitrogen and oxygen atoms in total. The highest BCUT2D eigenvalue weighted by Crippen LogP contribution is 2.41. The molecule has 14 heteroatoms. The summed E-state index contributed by atoms with van der Waals surface area (Å²) in [6.45, 7) is 0.586. The van der Waals surface area contributed by atoms with Gasteiger partial charge in [0.25, 0.3) is 0 Å². The number of nitrogens with two attached hydrogens (primary N) is 1. The van der Waals surface area contributed by atoms with Crippen LogP contribution < -0.4 is 15.8 Å². The number of nitrogens with one attached hydrogen (secondary N) is 1. The molecule has 5 rings (SSSR count). The Labute approximate surface area is 265 Å². The third kappa shape index (κ3) is 7.12. The van der Waals surface area contributed by atoms with Gasteiger partial charge in [0, 0.05) is 12.8 Å². The van der Waals surface area contributed by atoms with E-state index in [0.29, 0.717) is 31.4 Å². The summed E-state index contributed by atoms with van der Waals surface area (Å²) in [5, 5.41) is 37.8. The minimum absolute atomic E-state index is 0.107. The average molecular weight is 635 g/mol. The molecule has 46 heavy (non-hydrogen) atoms. The number of ether oxygens (including phenoxy) is 3. The number of aliphatic hydroxyl groups is 2. The molecule has 0 bridgehead atoms. The Bertz CT molecular complexity index is 1590. The topological polar surface area (TPSA) is 211 Å². The van der Waals surface area contributed by atoms with Crippen LogP contribution >= 0.6 is 0 Å². The number of imide groups is 1. The molecule has 3 aromatic rings. The molecule has 5 atom stereocenters. The van der Waals surface area contributed by atoms with E-state index in [0.717, 1.165) is 49.8 Å². The maximum absolute atomic E-state index is 12.5. The Hall–Kier alpha value is -4.58. The van der Waals surface area contributed by atoms with E-state index in [1.807, 2.05) is 30.3 Å². The Balaban J connectivity index is 0.949. The number of nitriles is 1. The summed E-state index contributed by atoms with van der Waals surface area (Å²) in [7, 11) is 0. The van der Waals surface area contributed by atoms with Crippen molar-refractivity contribution in [2.24, 2.45) is 0 Å². The van der Waals surface area contributed by atoms with Crippen LogP contribution in [0.2, 0.25) is 0 Å². The van der Waals surface area contributed by atoms with Crippen LogP contribution in [0.4, 0.5) is 5.82 Å². The van der Waals surface area contributed by atoms with Crippen LogP contribution in [-0.4, -0.2) is 67.7 Å². The van der Waals surface area contributed by atoms with Gasteiger partial charge in [-0.2, -0.15) is 10.4 Å². The smallest absolute Gasteiger partial charge is 0.308 e. The number of piperidine rings is 1. The van der Waals surface area contributed by atoms with Crippen molar-refractivity contribution >= 4 is 29.1 Å². The van der Waals surface area contributed by atoms with Crippen molar-refractivity contribution < 1.29 is 38.8 Å². The number of aromatic nitrogens is 3. The molecule has 1 aromatic carbocycles. The number of amides is 2. The number of rotatable bonds is 14. The lowest BCUT2D eigenvalue weighted by Crippen LogP contribution is -2.41. The maximum atomic E-state index is 12.5. The quantitative estimate of drug-likeness (QED) is 0.114. The molecule has 1 unspecified atom stereocenters. The van der Waals surface area contributed by atoms with Gasteiger partial charge in [-0.1, -0.05) is 44.2 Å². The zero-order valence-electron chi connectivity index (χ0n) is 25.3. The van der Waals surface area contributed by atoms with Crippen molar-refractivity contribution in [1.29, 1.82) is 5.26 Å². The number of unbranched alkanes of at least 4 members (excludes halogenated alkanes) is 6. The Kier molecular flexibility index (Phi) is 10.5. The van der Waals surface area contributed by atoms with Crippen molar-refractivity contribution in [3.63, 3.8) is 0 Å². The Morgan fingerprint density at radius 3 is 2.52 bits per heavy atom. The van der Waals surface area contributed by atoms with Crippen LogP contribution in [0.25, 0.3) is 5.52 Å². The molecule has 5 N–H and O–H groups in total. The summed E-state index contributed by atoms with van der Waals surface area (Å²) < 4.78 is 18.1. The highest BCUT2D eigenvalue weighted by atomic mass is 16.7. The SMILES string of the molecule is N#C[C@@]1(c2ccc3c(N)ncnn23)O[C@H](OC(=O)CCCCCCCCCOc2ccc(C3CCC(=O)NC3=O)cc2)[C@@H](O)[C@H]1O. The van der Waals surface area contributed by atoms with E-state index in [-0.39, 0.29) is 35.7 Å². The third-order valence-corrected chi connectivity index (χ3v) is 8.41. The number of esters is 1. The van der Waals surface area contributed by atoms with E-state index in [2.05, 4.69) is 15.4 Å². The number of nitrogens with zero attached hydrogens (tertiary/aromatic N) is 4. The van der Waals surface area contributed by atoms with Gasteiger partial charge < -0.3 is 30.2 Å². The standard InChI is InChI=1S/C32H38N6O8/c33-18-32(24-15-14-23-29(34)35-19-36-38(23)24)28(42)27(41)31(46-32)45-26(40)8-6-4-2-1-3-5-7-17-44-21-11-9-20(10-12-21)22-13-16-25(39)37-30(22)43/h9-12,14-15,19,22,27-28,31,41-42H,1-8,13,16-17H2,(H2,34,35,36)(H,37,39,43)/t22?,27-,28+,31-,32-/m0/s1. The van der Waals surface area contributed by atoms with Crippen molar-refractivity contribution in [3.05, 3.63) is 54.0 Å². The number of carbonyl (C=O) groups excluding carboxylic acids is 3. The molecule has 2 aliphatic rings. The molecular weight excluding hydrogens is 596 g/mol. The van der Waals surface area contributed by atoms with E-state index in [1.54, 1.807) is 6.07 Å². The van der Waals surface area contributed by atoms with Crippen molar-refractivity contribution in [2.45, 2.75) is 94.2 Å². The first-order chi connectivity index (χ1) is 22.2. The van der Waals surface area contributed by atoms with Crippen LogP contribution in [0.3, 0.4) is 0 Å². The van der Waals surface area contributed by atoms with Crippen molar-refractivity contribution in [3.8, 4) is 11.8 Å². The predicted octanol–water partition coefficient (Wildman–Crippen LogP) is 2.37. The fourth-order valence-electron chi connectivity index (χ4n) is 5.84. The zero-order chi connectivity index (χ0) is 32.7. The summed E-state index contributed by atoms with van der Waals surface area (Å²) in [6.07, 6.45) is 3.59. The Morgan fingerprint density at radius 2 is 1.80 bits per heavy atom. The first kappa shape index (κ1) is 32.8. The number of fused-ring (bicyclic) bond motifs is 1. The lowest BCUT2D eigenvalue weighted by Gasteiger charge is -2.23. The molecule has 0 spiro atoms. The second kappa shape index (κ2) is 14.7. The number of aliphatic hydroxyl groups excluding tert-OH is 2. The van der Waals surface area contributed by atoms with Crippen molar-refractivity contribution in [2.75, 3.05) is 12.3 Å². The highest BCUT2D eigenvalue weighted by Gasteiger charge is 2.59. The molecule has 2 fully saturated rings. The van der Waals surface area contributed by atoms with E-state index in [9.17, 15) is 29.9 Å². The molecule has 244 valence electrons. The highest BCUT2D eigenvalue weighted by molar-refractivity contribution is 6.00. The minimum atomic E-state index is -2.04. The summed E-state index contributed by atoms with van der Waals surface area (Å²) in [5.74, 6) is -0.482. The van der Waals surface area contributed by atoms with Gasteiger partial charge in [-0.25, -0.2) is 9.50 Å². The largest absolute Gasteiger partial charge is 0.494 e. The number of benzene rings is 1. The first-order valence-electron chi connectivity index (χ1n) is 15.5. The van der Waals surface area contributed by atoms with Gasteiger partial charge in [0.05, 0.1) is 18.2 Å². The fraction of sp³-hybridized carbons (Fsp3) is 0.500. The van der Waals surface area contributed by atoms with Gasteiger partial charge >= 0.3 is 5.97 Å². The number of carbonyl (C=O) groups is 3. The van der Waals surface area contributed by atoms with Crippen molar-refractivity contribution in [1.82, 2.24) is 19.9 Å². The van der Waals surface area contributed by atoms with Crippen LogP contribution in [0.1, 0.15) is 81.4 Å². The molecule has 2 aliphatic heterocycles. The number of hydrogen-bond acceptors (Lipinski definition) is 12. The lowest BCUT2D eigenvalue weighted by atomic mass is 9.90. The van der Waals surface area contributed by atoms with E-state index >= 15 is 0 Å². The van der Waals surface area contributed by atoms with Gasteiger partial charge in [0.2, 0.25) is 23.7 Å². The first-order valence-corrected chi connectivity index (χ1v) is 15.5. The van der Waals surface area contributed by atoms with E-state index in [4.69, 9.17) is 19.9 Å². The van der Waals surface area contributed by atoms with Crippen LogP contribution in [0, 0.1) is 11.3 Å². The van der Waals surface area contributed by atoms with Crippen LogP contribution in [0.15, 0.2) is 42.7 Å². The van der Waals surface area contributed by atoms with Gasteiger partial charge in [-0.15, -0.1) is 0 Å². The van der Waals surface area contributed by atoms with Gasteiger partial charge in [-0.05, 0) is 49.1 Å². The van der Waals surface area contributed by atoms with Gasteiger partial charge in [-0.3, -0.25) is 19.7 Å². The number of anilines is 1. The number of hydrogen-bond donors (Lipinski definition) is 4. The third-order valence-electron chi connectivity index (χ3n) is 8.41. The zero-order valence-corrected chi connectivity index (χ0v) is 25.3. The van der Waals surface area contributed by atoms with E-state index < -0.39 is 30.1 Å². The molecule has 0 radical (unpaired) electrons. The second-order valence-corrected chi connectivity index (χ2v) is 11.6. The molecule has 2 amide bonds. The van der Waals surface area contributed by atoms with Gasteiger partial charge in [0.1, 0.15) is 35.9 Å². The van der Waals surface area contributed by atoms with Crippen LogP contribution in [-0.2, 0) is 29.5 Å². The van der Waals surface area contributed by atoms with E-state index in [1.165, 1.54) is 16.9 Å². The molecule has 0 saturated carbocycles. The Morgan fingerprint density at radius 1 is 1.09 bits per heavy atom. The maximum Gasteiger partial charge on any atom is 0.308 e. The lowest BCUT2D eigenvalue weighted by molar-refractivity contribution is -0.196. The monoisotopic (exact) mass is 634 g/mol. The average Bonchev–Trinajstić information content (AvgIpc) is 3.59. The molecule has 4 heterocycles. The van der Waals surface area contributed by atoms with Gasteiger partial charge in [0.15, 0.2) is 5.82 Å². The second-order valence-electron chi connectivity index (χ2n) is 11.6. The minimum Gasteiger partial charge on any atom is -0.494 e. The summed E-state index contributed by atoms with van der Waals surface area (Å²) in [5.41, 5.74) is 5.21. The molecule has 2 saturated heterocycles. The molecule has 2 aromatic heterocycles. The normalized spacial score (nSPS) is 24.5. The summed E-state index contributed by atoms with van der Waals surface area (Å²) in [6, 6.07) is 12.4. The summed E-state index contributed by atoms with van der Waals surface area (Å²) in [4.78, 5) is 39.8. The molecular formula is C32H38N6O8. The van der Waals surface area contributed by atoms with Crippen LogP contribution in [0.5, 0.6) is 5.75 Å². The fourth-order valence-corrected chi connectivity index (χ4v) is 5.84.